The number of carbonyl (C=O) groups is 1. The van der Waals surface area contributed by atoms with Gasteiger partial charge >= 0.3 is 0 Å². The fraction of sp³-hybridized carbons (Fsp3) is 0.500. The van der Waals surface area contributed by atoms with Crippen molar-refractivity contribution in [1.29, 1.82) is 0 Å². The van der Waals surface area contributed by atoms with Gasteiger partial charge in [0.05, 0.1) is 12.2 Å². The Morgan fingerprint density at radius 2 is 1.96 bits per heavy atom. The molecule has 1 N–H and O–H groups in total. The first-order valence-electron chi connectivity index (χ1n) is 8.50. The quantitative estimate of drug-likeness (QED) is 0.872. The highest BCUT2D eigenvalue weighted by Crippen LogP contribution is 2.15. The van der Waals surface area contributed by atoms with E-state index < -0.39 is 0 Å². The summed E-state index contributed by atoms with van der Waals surface area (Å²) in [5.74, 6) is 1.12. The highest BCUT2D eigenvalue weighted by Gasteiger charge is 2.20. The normalized spacial score (nSPS) is 16.2. The number of H-pyrrole nitrogens is 1. The lowest BCUT2D eigenvalue weighted by Gasteiger charge is -2.22. The fourth-order valence-corrected chi connectivity index (χ4v) is 3.22. The summed E-state index contributed by atoms with van der Waals surface area (Å²) in [6.45, 7) is 9.98. The zero-order valence-corrected chi connectivity index (χ0v) is 14.7. The van der Waals surface area contributed by atoms with E-state index in [1.54, 1.807) is 0 Å². The summed E-state index contributed by atoms with van der Waals surface area (Å²) >= 11 is 0. The summed E-state index contributed by atoms with van der Waals surface area (Å²) in [5.41, 5.74) is 3.75. The number of hydrogen-bond acceptors (Lipinski definition) is 5. The lowest BCUT2D eigenvalue weighted by atomic mass is 10.1. The van der Waals surface area contributed by atoms with Crippen LogP contribution in [0.25, 0.3) is 0 Å². The van der Waals surface area contributed by atoms with Crippen LogP contribution in [0.15, 0.2) is 18.2 Å². The van der Waals surface area contributed by atoms with Gasteiger partial charge in [-0.3, -0.25) is 9.69 Å². The van der Waals surface area contributed by atoms with Gasteiger partial charge in [-0.05, 0) is 45.4 Å². The van der Waals surface area contributed by atoms with Crippen molar-refractivity contribution < 1.29 is 4.79 Å². The van der Waals surface area contributed by atoms with Gasteiger partial charge in [0.15, 0.2) is 11.6 Å². The molecule has 0 amide bonds. The molecule has 1 saturated heterocycles. The van der Waals surface area contributed by atoms with Gasteiger partial charge in [-0.1, -0.05) is 0 Å². The van der Waals surface area contributed by atoms with Crippen LogP contribution in [0.3, 0.4) is 0 Å². The van der Waals surface area contributed by atoms with E-state index in [1.807, 2.05) is 39.0 Å². The summed E-state index contributed by atoms with van der Waals surface area (Å²) in [4.78, 5) is 20.3. The van der Waals surface area contributed by atoms with Gasteiger partial charge in [-0.15, -0.1) is 5.10 Å². The summed E-state index contributed by atoms with van der Waals surface area (Å²) in [7, 11) is 0. The van der Waals surface area contributed by atoms with Crippen molar-refractivity contribution >= 4 is 11.6 Å². The smallest absolute Gasteiger partial charge is 0.178 e. The fourth-order valence-electron chi connectivity index (χ4n) is 3.22. The minimum atomic E-state index is 0.195. The number of carbonyl (C=O) groups excluding carboxylic acids is 1. The molecule has 1 aliphatic heterocycles. The second-order valence-corrected chi connectivity index (χ2v) is 6.56. The summed E-state index contributed by atoms with van der Waals surface area (Å²) in [5, 5.41) is 8.42. The predicted molar refractivity (Wildman–Crippen MR) is 94.6 cm³/mol. The number of Topliss-reactive ketones (excluding diaryl/α,β-unsaturated/α-hetero) is 1. The molecule has 0 radical (unpaired) electrons. The van der Waals surface area contributed by atoms with Gasteiger partial charge in [0.1, 0.15) is 0 Å². The lowest BCUT2D eigenvalue weighted by Crippen LogP contribution is -2.34. The standard InChI is InChI=1S/C18H25N5O/c1-13-5-6-18(21-20-13)23-8-4-7-22(9-10-23)12-17(24)16-11-14(2)19-15(16)3/h5-6,11,19H,4,7-10,12H2,1-3H3. The van der Waals surface area contributed by atoms with E-state index in [0.29, 0.717) is 6.54 Å². The molecule has 0 saturated carbocycles. The van der Waals surface area contributed by atoms with Crippen LogP contribution in [0, 0.1) is 20.8 Å². The van der Waals surface area contributed by atoms with E-state index in [4.69, 9.17) is 0 Å². The largest absolute Gasteiger partial charge is 0.362 e. The van der Waals surface area contributed by atoms with Crippen LogP contribution in [-0.4, -0.2) is 58.6 Å². The SMILES string of the molecule is Cc1ccc(N2CCCN(CC(=O)c3cc(C)[nH]c3C)CC2)nn1. The van der Waals surface area contributed by atoms with Crippen molar-refractivity contribution in [3.8, 4) is 0 Å². The second kappa shape index (κ2) is 7.13. The molecule has 1 fully saturated rings. The van der Waals surface area contributed by atoms with E-state index >= 15 is 0 Å². The van der Waals surface area contributed by atoms with Crippen LogP contribution < -0.4 is 4.90 Å². The van der Waals surface area contributed by atoms with Gasteiger partial charge in [0, 0.05) is 43.1 Å². The molecule has 0 atom stereocenters. The van der Waals surface area contributed by atoms with Crippen LogP contribution in [-0.2, 0) is 0 Å². The van der Waals surface area contributed by atoms with Gasteiger partial charge in [-0.2, -0.15) is 5.10 Å². The molecular formula is C18H25N5O. The number of aromatic amines is 1. The zero-order chi connectivity index (χ0) is 17.1. The average Bonchev–Trinajstić information content (AvgIpc) is 2.75. The van der Waals surface area contributed by atoms with Crippen molar-refractivity contribution in [3.63, 3.8) is 0 Å². The summed E-state index contributed by atoms with van der Waals surface area (Å²) in [6.07, 6.45) is 1.02. The van der Waals surface area contributed by atoms with Crippen LogP contribution in [0.4, 0.5) is 5.82 Å². The maximum absolute atomic E-state index is 12.6. The number of hydrogen-bond donors (Lipinski definition) is 1. The molecule has 0 bridgehead atoms. The molecule has 3 heterocycles. The number of ketones is 1. The highest BCUT2D eigenvalue weighted by atomic mass is 16.1. The number of anilines is 1. The Kier molecular flexibility index (Phi) is 4.94. The van der Waals surface area contributed by atoms with E-state index in [-0.39, 0.29) is 5.78 Å². The van der Waals surface area contributed by atoms with Gasteiger partial charge in [0.2, 0.25) is 0 Å². The number of rotatable bonds is 4. The van der Waals surface area contributed by atoms with Crippen LogP contribution in [0.2, 0.25) is 0 Å². The molecule has 6 heteroatoms. The Bertz CT molecular complexity index is 707. The first-order chi connectivity index (χ1) is 11.5. The van der Waals surface area contributed by atoms with Crippen molar-refractivity contribution in [2.24, 2.45) is 0 Å². The molecule has 1 aliphatic rings. The Balaban J connectivity index is 1.60. The van der Waals surface area contributed by atoms with Crippen LogP contribution in [0.1, 0.15) is 33.9 Å². The third-order valence-electron chi connectivity index (χ3n) is 4.51. The maximum atomic E-state index is 12.6. The molecule has 6 nitrogen and oxygen atoms in total. The molecule has 24 heavy (non-hydrogen) atoms. The minimum Gasteiger partial charge on any atom is -0.362 e. The van der Waals surface area contributed by atoms with E-state index in [1.165, 1.54) is 0 Å². The zero-order valence-electron chi connectivity index (χ0n) is 14.7. The van der Waals surface area contributed by atoms with Crippen molar-refractivity contribution in [2.45, 2.75) is 27.2 Å². The molecule has 0 aliphatic carbocycles. The Morgan fingerprint density at radius 1 is 1.12 bits per heavy atom. The first-order valence-corrected chi connectivity index (χ1v) is 8.50. The Labute approximate surface area is 142 Å². The third-order valence-corrected chi connectivity index (χ3v) is 4.51. The van der Waals surface area contributed by atoms with Crippen molar-refractivity contribution in [1.82, 2.24) is 20.1 Å². The second-order valence-electron chi connectivity index (χ2n) is 6.56. The monoisotopic (exact) mass is 327 g/mol. The van der Waals surface area contributed by atoms with Crippen molar-refractivity contribution in [3.05, 3.63) is 40.8 Å². The van der Waals surface area contributed by atoms with Crippen LogP contribution >= 0.6 is 0 Å². The molecule has 0 unspecified atom stereocenters. The van der Waals surface area contributed by atoms with E-state index in [9.17, 15) is 4.79 Å². The van der Waals surface area contributed by atoms with Crippen molar-refractivity contribution in [2.75, 3.05) is 37.6 Å². The number of aryl methyl sites for hydroxylation is 3. The molecule has 0 spiro atoms. The number of aromatic nitrogens is 3. The Morgan fingerprint density at radius 3 is 2.62 bits per heavy atom. The maximum Gasteiger partial charge on any atom is 0.178 e. The average molecular weight is 327 g/mol. The molecule has 128 valence electrons. The third kappa shape index (κ3) is 3.82. The van der Waals surface area contributed by atoms with Gasteiger partial charge in [-0.25, -0.2) is 0 Å². The van der Waals surface area contributed by atoms with Crippen LogP contribution in [0.5, 0.6) is 0 Å². The molecule has 2 aromatic heterocycles. The highest BCUT2D eigenvalue weighted by molar-refractivity contribution is 5.98. The first kappa shape index (κ1) is 16.6. The summed E-state index contributed by atoms with van der Waals surface area (Å²) in [6, 6.07) is 5.96. The van der Waals surface area contributed by atoms with Gasteiger partial charge < -0.3 is 9.88 Å². The molecule has 3 rings (SSSR count). The summed E-state index contributed by atoms with van der Waals surface area (Å²) < 4.78 is 0. The minimum absolute atomic E-state index is 0.195. The number of nitrogens with zero attached hydrogens (tertiary/aromatic N) is 4. The predicted octanol–water partition coefficient (Wildman–Crippen LogP) is 2.12. The molecule has 0 aromatic carbocycles. The Hall–Kier alpha value is -2.21. The van der Waals surface area contributed by atoms with E-state index in [0.717, 1.165) is 61.1 Å². The topological polar surface area (TPSA) is 65.1 Å². The van der Waals surface area contributed by atoms with E-state index in [2.05, 4.69) is 25.0 Å². The molecule has 2 aromatic rings. The van der Waals surface area contributed by atoms with Gasteiger partial charge in [0.25, 0.3) is 0 Å². The molecular weight excluding hydrogens is 302 g/mol. The lowest BCUT2D eigenvalue weighted by molar-refractivity contribution is 0.0935. The number of nitrogens with one attached hydrogen (secondary N) is 1.